The molecule has 0 N–H and O–H groups in total. The zero-order chi connectivity index (χ0) is 45.2. The molecule has 15 rings (SSSR count). The van der Waals surface area contributed by atoms with E-state index in [1.807, 2.05) is 18.2 Å². The predicted molar refractivity (Wildman–Crippen MR) is 286 cm³/mol. The summed E-state index contributed by atoms with van der Waals surface area (Å²) in [6, 6.07) is 82.6. The SMILES string of the molecule is c1ccc(-c2nc(-c3cccc4c5ccccc5n(-c5ccccc5)c34)nc(-n3c4ccccc4c4ccc5c6ccccc6n(-c6cccc7c8ccccc8c8ccccc8c67)c5c43)n2)cc1. The van der Waals surface area contributed by atoms with Crippen LogP contribution in [0.2, 0.25) is 0 Å². The molecule has 4 aromatic heterocycles. The Labute approximate surface area is 395 Å². The molecule has 0 unspecified atom stereocenters. The molecule has 69 heavy (non-hydrogen) atoms. The molecule has 0 radical (unpaired) electrons. The lowest BCUT2D eigenvalue weighted by molar-refractivity contribution is 0.953. The Kier molecular flexibility index (Phi) is 7.97. The summed E-state index contributed by atoms with van der Waals surface area (Å²) >= 11 is 0. The number of nitrogens with zero attached hydrogens (tertiary/aromatic N) is 6. The summed E-state index contributed by atoms with van der Waals surface area (Å²) in [7, 11) is 0. The Morgan fingerprint density at radius 2 is 0.696 bits per heavy atom. The van der Waals surface area contributed by atoms with E-state index in [0.29, 0.717) is 17.6 Å². The molecule has 0 bridgehead atoms. The van der Waals surface area contributed by atoms with Gasteiger partial charge in [0.1, 0.15) is 0 Å². The normalized spacial score (nSPS) is 12.1. The van der Waals surface area contributed by atoms with Gasteiger partial charge in [0.25, 0.3) is 0 Å². The maximum absolute atomic E-state index is 5.63. The third-order valence-corrected chi connectivity index (χ3v) is 14.3. The van der Waals surface area contributed by atoms with Crippen LogP contribution >= 0.6 is 0 Å². The number of hydrogen-bond donors (Lipinski definition) is 0. The van der Waals surface area contributed by atoms with Gasteiger partial charge in [-0.05, 0) is 69.4 Å². The molecule has 0 atom stereocenters. The summed E-state index contributed by atoms with van der Waals surface area (Å²) in [5.41, 5.74) is 10.4. The maximum atomic E-state index is 5.63. The van der Waals surface area contributed by atoms with E-state index < -0.39 is 0 Å². The van der Waals surface area contributed by atoms with E-state index >= 15 is 0 Å². The molecule has 0 aliphatic heterocycles. The Morgan fingerprint density at radius 3 is 1.33 bits per heavy atom. The van der Waals surface area contributed by atoms with Gasteiger partial charge in [-0.1, -0.05) is 188 Å². The smallest absolute Gasteiger partial charge is 0.238 e. The molecule has 0 fully saturated rings. The topological polar surface area (TPSA) is 53.5 Å². The van der Waals surface area contributed by atoms with Crippen LogP contribution in [0.3, 0.4) is 0 Å². The number of fused-ring (bicyclic) bond motifs is 16. The van der Waals surface area contributed by atoms with Gasteiger partial charge in [0.15, 0.2) is 11.6 Å². The van der Waals surface area contributed by atoms with Crippen LogP contribution in [0.25, 0.3) is 138 Å². The minimum absolute atomic E-state index is 0.545. The largest absolute Gasteiger partial charge is 0.309 e. The van der Waals surface area contributed by atoms with Gasteiger partial charge >= 0.3 is 0 Å². The number of rotatable bonds is 5. The van der Waals surface area contributed by atoms with Gasteiger partial charge in [-0.15, -0.1) is 0 Å². The second-order valence-electron chi connectivity index (χ2n) is 17.9. The molecule has 0 saturated heterocycles. The summed E-state index contributed by atoms with van der Waals surface area (Å²) in [5, 5.41) is 14.2. The highest BCUT2D eigenvalue weighted by atomic mass is 15.2. The molecule has 6 heteroatoms. The van der Waals surface area contributed by atoms with Crippen molar-refractivity contribution in [3.8, 4) is 40.1 Å². The molecule has 15 aromatic rings. The van der Waals surface area contributed by atoms with Crippen LogP contribution < -0.4 is 0 Å². The summed E-state index contributed by atoms with van der Waals surface area (Å²) in [6.07, 6.45) is 0. The highest BCUT2D eigenvalue weighted by Gasteiger charge is 2.26. The fourth-order valence-electron chi connectivity index (χ4n) is 11.4. The van der Waals surface area contributed by atoms with Crippen molar-refractivity contribution in [2.75, 3.05) is 0 Å². The van der Waals surface area contributed by atoms with Gasteiger partial charge in [0.2, 0.25) is 5.95 Å². The molecule has 0 aliphatic carbocycles. The first kappa shape index (κ1) is 37.8. The molecule has 11 aromatic carbocycles. The van der Waals surface area contributed by atoms with E-state index in [2.05, 4.69) is 226 Å². The van der Waals surface area contributed by atoms with E-state index in [9.17, 15) is 0 Å². The summed E-state index contributed by atoms with van der Waals surface area (Å²) < 4.78 is 7.15. The van der Waals surface area contributed by atoms with Crippen LogP contribution in [0.15, 0.2) is 231 Å². The highest BCUT2D eigenvalue weighted by molar-refractivity contribution is 6.29. The van der Waals surface area contributed by atoms with E-state index in [1.54, 1.807) is 0 Å². The van der Waals surface area contributed by atoms with E-state index in [4.69, 9.17) is 15.0 Å². The molecular weight excluding hydrogens is 841 g/mol. The second kappa shape index (κ2) is 14.6. The van der Waals surface area contributed by atoms with Crippen molar-refractivity contribution >= 4 is 97.7 Å². The van der Waals surface area contributed by atoms with Crippen LogP contribution in [0.5, 0.6) is 0 Å². The predicted octanol–water partition coefficient (Wildman–Crippen LogP) is 16.0. The molecule has 0 aliphatic rings. The van der Waals surface area contributed by atoms with Gasteiger partial charge in [0.05, 0.1) is 38.8 Å². The van der Waals surface area contributed by atoms with Crippen molar-refractivity contribution in [1.29, 1.82) is 0 Å². The molecule has 4 heterocycles. The molecular formula is C63H38N6. The van der Waals surface area contributed by atoms with Gasteiger partial charge in [-0.25, -0.2) is 4.98 Å². The van der Waals surface area contributed by atoms with Crippen LogP contribution in [0, 0.1) is 0 Å². The Balaban J connectivity index is 1.11. The fourth-order valence-corrected chi connectivity index (χ4v) is 11.4. The Morgan fingerprint density at radius 1 is 0.261 bits per heavy atom. The van der Waals surface area contributed by atoms with E-state index in [-0.39, 0.29) is 0 Å². The van der Waals surface area contributed by atoms with Crippen LogP contribution in [0.4, 0.5) is 0 Å². The Hall–Kier alpha value is -9.39. The van der Waals surface area contributed by atoms with Crippen LogP contribution in [0.1, 0.15) is 0 Å². The Bertz CT molecular complexity index is 4550. The average molecular weight is 879 g/mol. The fraction of sp³-hybridized carbons (Fsp3) is 0. The summed E-state index contributed by atoms with van der Waals surface area (Å²) in [6.45, 7) is 0. The number of hydrogen-bond acceptors (Lipinski definition) is 3. The number of para-hydroxylation sites is 5. The van der Waals surface area contributed by atoms with Crippen molar-refractivity contribution in [1.82, 2.24) is 28.7 Å². The van der Waals surface area contributed by atoms with Crippen molar-refractivity contribution < 1.29 is 0 Å². The minimum atomic E-state index is 0.545. The van der Waals surface area contributed by atoms with Crippen molar-refractivity contribution in [3.05, 3.63) is 231 Å². The summed E-state index contributed by atoms with van der Waals surface area (Å²) in [5.74, 6) is 1.74. The van der Waals surface area contributed by atoms with Crippen molar-refractivity contribution in [2.24, 2.45) is 0 Å². The first-order chi connectivity index (χ1) is 34.3. The zero-order valence-corrected chi connectivity index (χ0v) is 37.1. The van der Waals surface area contributed by atoms with Gasteiger partial charge in [-0.2, -0.15) is 9.97 Å². The van der Waals surface area contributed by atoms with Gasteiger partial charge in [0, 0.05) is 54.5 Å². The third kappa shape index (κ3) is 5.39. The quantitative estimate of drug-likeness (QED) is 0.162. The number of benzene rings is 11. The van der Waals surface area contributed by atoms with E-state index in [1.165, 1.54) is 43.1 Å². The van der Waals surface area contributed by atoms with E-state index in [0.717, 1.165) is 77.1 Å². The first-order valence-corrected chi connectivity index (χ1v) is 23.5. The lowest BCUT2D eigenvalue weighted by atomic mass is 9.93. The van der Waals surface area contributed by atoms with Crippen LogP contribution in [-0.4, -0.2) is 28.7 Å². The highest BCUT2D eigenvalue weighted by Crippen LogP contribution is 2.45. The van der Waals surface area contributed by atoms with Gasteiger partial charge in [-0.3, -0.25) is 4.57 Å². The standard InChI is InChI=1S/C63H38N6/c1-3-19-39(20-4-1)61-64-62(52-32-17-31-49-44-26-11-14-33-53(44)67(58(49)52)40-21-5-2-6-22-40)66-63(65-61)69-55-35-16-13-28-46(55)51-38-37-50-45-27-12-15-34-54(45)68(59(50)60(51)69)56-36-18-30-48-43-24-8-7-23-41(43)42-25-9-10-29-47(42)57(48)56/h1-38H. The van der Waals surface area contributed by atoms with Crippen molar-refractivity contribution in [3.63, 3.8) is 0 Å². The first-order valence-electron chi connectivity index (χ1n) is 23.5. The second-order valence-corrected chi connectivity index (χ2v) is 17.9. The average Bonchev–Trinajstić information content (AvgIpc) is 4.07. The van der Waals surface area contributed by atoms with Crippen molar-refractivity contribution in [2.45, 2.75) is 0 Å². The molecule has 6 nitrogen and oxygen atoms in total. The molecule has 0 saturated carbocycles. The van der Waals surface area contributed by atoms with Gasteiger partial charge < -0.3 is 9.13 Å². The molecule has 0 amide bonds. The lowest BCUT2D eigenvalue weighted by Gasteiger charge is -2.17. The zero-order valence-electron chi connectivity index (χ0n) is 37.1. The number of aromatic nitrogens is 6. The molecule has 0 spiro atoms. The third-order valence-electron chi connectivity index (χ3n) is 14.3. The lowest BCUT2D eigenvalue weighted by Crippen LogP contribution is -2.08. The minimum Gasteiger partial charge on any atom is -0.309 e. The monoisotopic (exact) mass is 878 g/mol. The molecule has 320 valence electrons. The van der Waals surface area contributed by atoms with Crippen LogP contribution in [-0.2, 0) is 0 Å². The maximum Gasteiger partial charge on any atom is 0.238 e. The summed E-state index contributed by atoms with van der Waals surface area (Å²) in [4.78, 5) is 16.5.